The van der Waals surface area contributed by atoms with Crippen LogP contribution in [0.25, 0.3) is 0 Å². The third-order valence-corrected chi connectivity index (χ3v) is 6.20. The van der Waals surface area contributed by atoms with Crippen LogP contribution in [-0.4, -0.2) is 35.3 Å². The summed E-state index contributed by atoms with van der Waals surface area (Å²) in [5.74, 6) is 0. The van der Waals surface area contributed by atoms with Crippen LogP contribution >= 0.6 is 0 Å². The summed E-state index contributed by atoms with van der Waals surface area (Å²) < 4.78 is 18.1. The van der Waals surface area contributed by atoms with Crippen LogP contribution in [-0.2, 0) is 25.7 Å². The summed E-state index contributed by atoms with van der Waals surface area (Å²) in [4.78, 5) is 22.6. The van der Waals surface area contributed by atoms with Crippen LogP contribution in [0, 0.1) is 20.2 Å². The van der Waals surface area contributed by atoms with E-state index in [1.54, 1.807) is 12.1 Å². The van der Waals surface area contributed by atoms with Gasteiger partial charge in [-0.1, -0.05) is 24.3 Å². The van der Waals surface area contributed by atoms with Crippen molar-refractivity contribution in [1.82, 2.24) is 0 Å². The van der Waals surface area contributed by atoms with Crippen molar-refractivity contribution in [2.24, 2.45) is 11.5 Å². The first-order valence-corrected chi connectivity index (χ1v) is 10.8. The fourth-order valence-electron chi connectivity index (χ4n) is 4.63. The zero-order chi connectivity index (χ0) is 23.6. The molecule has 4 atom stereocenters. The highest BCUT2D eigenvalue weighted by Crippen LogP contribution is 2.45. The number of benzene rings is 2. The van der Waals surface area contributed by atoms with Gasteiger partial charge >= 0.3 is 0 Å². The van der Waals surface area contributed by atoms with E-state index in [2.05, 4.69) is 0 Å². The summed E-state index contributed by atoms with van der Waals surface area (Å²) in [6.45, 7) is 0.799. The zero-order valence-corrected chi connectivity index (χ0v) is 17.9. The first-order chi connectivity index (χ1) is 15.8. The fourth-order valence-corrected chi connectivity index (χ4v) is 4.63. The molecule has 0 aromatic heterocycles. The molecule has 2 aromatic carbocycles. The average Bonchev–Trinajstić information content (AvgIpc) is 3.54. The highest BCUT2D eigenvalue weighted by atomic mass is 16.6. The van der Waals surface area contributed by atoms with Crippen LogP contribution in [0.1, 0.15) is 36.8 Å². The second-order valence-corrected chi connectivity index (χ2v) is 8.24. The normalized spacial score (nSPS) is 24.2. The van der Waals surface area contributed by atoms with Crippen LogP contribution in [0.3, 0.4) is 0 Å². The molecule has 2 fully saturated rings. The van der Waals surface area contributed by atoms with E-state index < -0.39 is 33.5 Å². The zero-order valence-electron chi connectivity index (χ0n) is 17.9. The number of rotatable bonds is 8. The standard InChI is InChI=1S/C22H26N4O7/c23-21(19-11-5-13-31-19,15-7-1-3-9-17(15)25(27)28)33-22(24,20-12-6-14-32-20)16-8-2-4-10-18(16)26(29)30/h1-4,7-10,19-20H,5-6,11-14,23-24H2. The van der Waals surface area contributed by atoms with Gasteiger partial charge in [-0.2, -0.15) is 0 Å². The lowest BCUT2D eigenvalue weighted by Gasteiger charge is -2.44. The number of ether oxygens (including phenoxy) is 3. The van der Waals surface area contributed by atoms with Gasteiger partial charge in [0.2, 0.25) is 0 Å². The Hall–Kier alpha value is -2.96. The second-order valence-electron chi connectivity index (χ2n) is 8.24. The molecule has 33 heavy (non-hydrogen) atoms. The maximum absolute atomic E-state index is 11.8. The van der Waals surface area contributed by atoms with E-state index in [9.17, 15) is 20.2 Å². The summed E-state index contributed by atoms with van der Waals surface area (Å²) in [5.41, 5.74) is 9.55. The van der Waals surface area contributed by atoms with Gasteiger partial charge in [0.1, 0.15) is 12.2 Å². The van der Waals surface area contributed by atoms with E-state index in [0.29, 0.717) is 38.9 Å². The van der Waals surface area contributed by atoms with Crippen molar-refractivity contribution in [2.45, 2.75) is 49.3 Å². The van der Waals surface area contributed by atoms with Crippen LogP contribution < -0.4 is 11.5 Å². The molecule has 4 N–H and O–H groups in total. The van der Waals surface area contributed by atoms with Crippen LogP contribution in [0.5, 0.6) is 0 Å². The smallest absolute Gasteiger partial charge is 0.276 e. The second kappa shape index (κ2) is 9.12. The van der Waals surface area contributed by atoms with E-state index in [0.717, 1.165) is 0 Å². The Morgan fingerprint density at radius 2 is 1.18 bits per heavy atom. The highest BCUT2D eigenvalue weighted by molar-refractivity contribution is 5.47. The molecule has 2 saturated heterocycles. The molecule has 4 unspecified atom stereocenters. The minimum atomic E-state index is -1.87. The molecule has 176 valence electrons. The van der Waals surface area contributed by atoms with E-state index >= 15 is 0 Å². The Kier molecular flexibility index (Phi) is 6.41. The summed E-state index contributed by atoms with van der Waals surface area (Å²) in [6.07, 6.45) is 0.784. The predicted octanol–water partition coefficient (Wildman–Crippen LogP) is 2.80. The van der Waals surface area contributed by atoms with Crippen LogP contribution in [0.2, 0.25) is 0 Å². The predicted molar refractivity (Wildman–Crippen MR) is 117 cm³/mol. The van der Waals surface area contributed by atoms with Crippen LogP contribution in [0.15, 0.2) is 48.5 Å². The average molecular weight is 458 g/mol. The first-order valence-electron chi connectivity index (χ1n) is 10.8. The lowest BCUT2D eigenvalue weighted by Crippen LogP contribution is -2.61. The number of para-hydroxylation sites is 2. The molecule has 0 radical (unpaired) electrons. The van der Waals surface area contributed by atoms with Crippen molar-refractivity contribution >= 4 is 11.4 Å². The molecule has 2 aliphatic heterocycles. The number of hydrogen-bond donors (Lipinski definition) is 2. The van der Waals surface area contributed by atoms with Gasteiger partial charge in [0.05, 0.1) is 21.0 Å². The molecule has 2 heterocycles. The van der Waals surface area contributed by atoms with Crippen molar-refractivity contribution in [3.8, 4) is 0 Å². The number of nitrogens with zero attached hydrogens (tertiary/aromatic N) is 2. The van der Waals surface area contributed by atoms with Crippen molar-refractivity contribution in [2.75, 3.05) is 13.2 Å². The third-order valence-electron chi connectivity index (χ3n) is 6.20. The van der Waals surface area contributed by atoms with E-state index in [1.807, 2.05) is 0 Å². The van der Waals surface area contributed by atoms with Gasteiger partial charge in [-0.25, -0.2) is 0 Å². The lowest BCUT2D eigenvalue weighted by molar-refractivity contribution is -0.390. The molecule has 0 spiro atoms. The van der Waals surface area contributed by atoms with Crippen molar-refractivity contribution in [3.05, 3.63) is 79.9 Å². The van der Waals surface area contributed by atoms with Crippen molar-refractivity contribution < 1.29 is 24.1 Å². The molecule has 0 amide bonds. The Morgan fingerprint density at radius 3 is 1.52 bits per heavy atom. The lowest BCUT2D eigenvalue weighted by atomic mass is 9.89. The molecule has 0 aliphatic carbocycles. The highest BCUT2D eigenvalue weighted by Gasteiger charge is 2.54. The molecule has 2 aliphatic rings. The minimum Gasteiger partial charge on any atom is -0.373 e. The third kappa shape index (κ3) is 4.21. The Morgan fingerprint density at radius 1 is 0.788 bits per heavy atom. The van der Waals surface area contributed by atoms with Crippen LogP contribution in [0.4, 0.5) is 11.4 Å². The summed E-state index contributed by atoms with van der Waals surface area (Å²) in [7, 11) is 0. The fraction of sp³-hybridized carbons (Fsp3) is 0.455. The number of nitro benzene ring substituents is 2. The maximum Gasteiger partial charge on any atom is 0.276 e. The quantitative estimate of drug-likeness (QED) is 0.343. The first kappa shape index (κ1) is 23.2. The summed E-state index contributed by atoms with van der Waals surface area (Å²) in [6, 6.07) is 11.9. The number of nitro groups is 2. The van der Waals surface area contributed by atoms with Gasteiger partial charge < -0.3 is 14.2 Å². The van der Waals surface area contributed by atoms with Crippen molar-refractivity contribution in [1.29, 1.82) is 0 Å². The largest absolute Gasteiger partial charge is 0.373 e. The van der Waals surface area contributed by atoms with E-state index in [4.69, 9.17) is 25.7 Å². The van der Waals surface area contributed by atoms with Gasteiger partial charge in [-0.05, 0) is 37.8 Å². The van der Waals surface area contributed by atoms with Gasteiger partial charge in [0.15, 0.2) is 11.4 Å². The Balaban J connectivity index is 1.90. The van der Waals surface area contributed by atoms with Gasteiger partial charge in [0, 0.05) is 25.3 Å². The van der Waals surface area contributed by atoms with Gasteiger partial charge in [0.25, 0.3) is 11.4 Å². The Bertz CT molecular complexity index is 957. The molecule has 4 rings (SSSR count). The number of hydrogen-bond acceptors (Lipinski definition) is 9. The minimum absolute atomic E-state index is 0.0771. The SMILES string of the molecule is NC(OC(N)(c1ccccc1[N+](=O)[O-])C1CCCO1)(c1ccccc1[N+](=O)[O-])C1CCCO1. The molecule has 0 bridgehead atoms. The number of nitrogens with two attached hydrogens (primary N) is 2. The molecule has 11 nitrogen and oxygen atoms in total. The topological polar surface area (TPSA) is 166 Å². The Labute approximate surface area is 189 Å². The van der Waals surface area contributed by atoms with Gasteiger partial charge in [-0.3, -0.25) is 31.7 Å². The summed E-state index contributed by atoms with van der Waals surface area (Å²) >= 11 is 0. The molecule has 11 heteroatoms. The summed E-state index contributed by atoms with van der Waals surface area (Å²) in [5, 5.41) is 23.7. The molecular weight excluding hydrogens is 432 g/mol. The van der Waals surface area contributed by atoms with Gasteiger partial charge in [-0.15, -0.1) is 0 Å². The van der Waals surface area contributed by atoms with E-state index in [-0.39, 0.29) is 22.5 Å². The molecular formula is C22H26N4O7. The maximum atomic E-state index is 11.8. The molecule has 2 aromatic rings. The van der Waals surface area contributed by atoms with E-state index in [1.165, 1.54) is 36.4 Å². The monoisotopic (exact) mass is 458 g/mol. The van der Waals surface area contributed by atoms with Crippen molar-refractivity contribution in [3.63, 3.8) is 0 Å². The molecule has 0 saturated carbocycles.